The van der Waals surface area contributed by atoms with Crippen molar-refractivity contribution in [3.63, 3.8) is 0 Å². The molecule has 2 aromatic carbocycles. The average molecular weight is 726 g/mol. The van der Waals surface area contributed by atoms with Gasteiger partial charge in [0, 0.05) is 63.8 Å². The third kappa shape index (κ3) is 7.71. The van der Waals surface area contributed by atoms with Crippen molar-refractivity contribution in [3.8, 4) is 5.75 Å². The second-order valence-electron chi connectivity index (χ2n) is 14.6. The molecule has 5 heterocycles. The van der Waals surface area contributed by atoms with Crippen LogP contribution in [0.3, 0.4) is 0 Å². The van der Waals surface area contributed by atoms with Gasteiger partial charge in [-0.1, -0.05) is 48.5 Å². The second kappa shape index (κ2) is 15.5. The van der Waals surface area contributed by atoms with Gasteiger partial charge in [0.2, 0.25) is 11.8 Å². The molecular formula is C39H48FN9O4. The van der Waals surface area contributed by atoms with Crippen LogP contribution in [0.2, 0.25) is 0 Å². The number of hydrogen-bond acceptors (Lipinski definition) is 9. The summed E-state index contributed by atoms with van der Waals surface area (Å²) in [6.07, 6.45) is 1.76. The predicted octanol–water partition coefficient (Wildman–Crippen LogP) is 2.49. The van der Waals surface area contributed by atoms with Gasteiger partial charge < -0.3 is 30.0 Å². The molecule has 4 aliphatic rings. The van der Waals surface area contributed by atoms with E-state index in [0.717, 1.165) is 43.6 Å². The van der Waals surface area contributed by atoms with E-state index < -0.39 is 24.1 Å². The zero-order chi connectivity index (χ0) is 37.2. The smallest absolute Gasteiger partial charge is 0.334 e. The lowest BCUT2D eigenvalue weighted by Crippen LogP contribution is -2.76. The second-order valence-corrected chi connectivity index (χ2v) is 14.6. The Hall–Kier alpha value is -5.05. The SMILES string of the molecule is C=CCN1CC(=O)N2[C@@H](Cc3ccc(O)cc3F)C(=O)N(Cc3cccc(N4CC(N5CC[C@@H](N(C)C)C5)C4)n3)C[C@@H]2N1C(=O)NCc1ccccc1. The molecule has 7 rings (SSSR count). The number of benzene rings is 2. The fraction of sp³-hybridized carbons (Fsp3) is 0.436. The lowest BCUT2D eigenvalue weighted by molar-refractivity contribution is -0.189. The van der Waals surface area contributed by atoms with Crippen LogP contribution in [-0.4, -0.2) is 142 Å². The molecule has 53 heavy (non-hydrogen) atoms. The number of urea groups is 1. The Morgan fingerprint density at radius 1 is 1.06 bits per heavy atom. The quantitative estimate of drug-likeness (QED) is 0.288. The Labute approximate surface area is 309 Å². The Kier molecular flexibility index (Phi) is 10.6. The number of halogens is 1. The molecule has 4 fully saturated rings. The zero-order valence-corrected chi connectivity index (χ0v) is 30.4. The lowest BCUT2D eigenvalue weighted by atomic mass is 9.98. The first-order valence-corrected chi connectivity index (χ1v) is 18.2. The van der Waals surface area contributed by atoms with Gasteiger partial charge in [0.05, 0.1) is 25.3 Å². The summed E-state index contributed by atoms with van der Waals surface area (Å²) in [5, 5.41) is 16.0. The van der Waals surface area contributed by atoms with E-state index in [4.69, 9.17) is 4.98 Å². The molecule has 0 radical (unpaired) electrons. The number of fused-ring (bicyclic) bond motifs is 1. The van der Waals surface area contributed by atoms with E-state index in [1.807, 2.05) is 48.5 Å². The Morgan fingerprint density at radius 2 is 1.85 bits per heavy atom. The van der Waals surface area contributed by atoms with Gasteiger partial charge in [0.15, 0.2) is 0 Å². The summed E-state index contributed by atoms with van der Waals surface area (Å²) in [5.74, 6) is -0.820. The number of aromatic hydroxyl groups is 1. The summed E-state index contributed by atoms with van der Waals surface area (Å²) in [5.41, 5.74) is 1.74. The Balaban J connectivity index is 1.14. The maximum absolute atomic E-state index is 15.2. The minimum atomic E-state index is -1.11. The fourth-order valence-corrected chi connectivity index (χ4v) is 7.93. The van der Waals surface area contributed by atoms with Gasteiger partial charge in [-0.25, -0.2) is 24.2 Å². The van der Waals surface area contributed by atoms with Gasteiger partial charge >= 0.3 is 6.03 Å². The van der Waals surface area contributed by atoms with Gasteiger partial charge in [0.1, 0.15) is 29.6 Å². The normalized spacial score (nSPS) is 22.7. The summed E-state index contributed by atoms with van der Waals surface area (Å²) in [7, 11) is 4.27. The first-order valence-electron chi connectivity index (χ1n) is 18.2. The van der Waals surface area contributed by atoms with Gasteiger partial charge in [-0.3, -0.25) is 14.5 Å². The number of nitrogens with zero attached hydrogens (tertiary/aromatic N) is 8. The van der Waals surface area contributed by atoms with Crippen LogP contribution in [0.5, 0.6) is 5.75 Å². The van der Waals surface area contributed by atoms with E-state index in [2.05, 4.69) is 40.7 Å². The van der Waals surface area contributed by atoms with E-state index in [0.29, 0.717) is 17.8 Å². The van der Waals surface area contributed by atoms with Crippen LogP contribution < -0.4 is 10.2 Å². The topological polar surface area (TPSA) is 119 Å². The first-order chi connectivity index (χ1) is 25.6. The fourth-order valence-electron chi connectivity index (χ4n) is 7.93. The maximum Gasteiger partial charge on any atom is 0.334 e. The van der Waals surface area contributed by atoms with Crippen LogP contribution in [0.25, 0.3) is 0 Å². The summed E-state index contributed by atoms with van der Waals surface area (Å²) in [4.78, 5) is 57.5. The number of pyridine rings is 1. The molecule has 0 spiro atoms. The highest BCUT2D eigenvalue weighted by atomic mass is 19.1. The largest absolute Gasteiger partial charge is 0.508 e. The molecule has 13 nitrogen and oxygen atoms in total. The summed E-state index contributed by atoms with van der Waals surface area (Å²) in [6, 6.07) is 18.6. The molecule has 0 aliphatic carbocycles. The van der Waals surface area contributed by atoms with E-state index in [-0.39, 0.29) is 62.3 Å². The van der Waals surface area contributed by atoms with Crippen molar-refractivity contribution in [1.82, 2.24) is 39.9 Å². The highest BCUT2D eigenvalue weighted by molar-refractivity contribution is 5.91. The van der Waals surface area contributed by atoms with E-state index in [9.17, 15) is 19.5 Å². The number of aromatic nitrogens is 1. The number of hydrazine groups is 1. The van der Waals surface area contributed by atoms with E-state index in [1.165, 1.54) is 28.5 Å². The van der Waals surface area contributed by atoms with Crippen molar-refractivity contribution >= 4 is 23.7 Å². The van der Waals surface area contributed by atoms with E-state index >= 15 is 4.39 Å². The highest BCUT2D eigenvalue weighted by Crippen LogP contribution is 2.31. The number of piperazine rings is 1. The number of anilines is 1. The number of hydrogen-bond donors (Lipinski definition) is 2. The molecule has 3 atom stereocenters. The van der Waals surface area contributed by atoms with Crippen molar-refractivity contribution in [2.45, 2.75) is 50.2 Å². The molecule has 0 unspecified atom stereocenters. The summed E-state index contributed by atoms with van der Waals surface area (Å²) >= 11 is 0. The number of phenolic OH excluding ortho intramolecular Hbond substituents is 1. The lowest BCUT2D eigenvalue weighted by Gasteiger charge is -2.55. The molecule has 0 bridgehead atoms. The molecule has 2 N–H and O–H groups in total. The molecule has 4 amide bonds. The number of likely N-dealkylation sites (tertiary alicyclic amines) is 1. The standard InChI is InChI=1S/C39H48FN9O4/c1-4-16-47-26-37(51)48-34(18-28-13-14-32(50)19-33(28)40)38(52)46(25-36(48)49(47)39(53)41-20-27-9-6-5-7-10-27)21-29-11-8-12-35(42-29)45-23-31(24-45)44-17-15-30(22-44)43(2)3/h4-14,19,30-31,34,36,50H,1,15-18,20-26H2,2-3H3,(H,41,53)/t30-,34+,36+/m1/s1. The van der Waals surface area contributed by atoms with Crippen LogP contribution in [-0.2, 0) is 29.1 Å². The van der Waals surface area contributed by atoms with E-state index in [1.54, 1.807) is 16.0 Å². The molecule has 4 saturated heterocycles. The first kappa shape index (κ1) is 36.3. The number of rotatable bonds is 11. The van der Waals surface area contributed by atoms with Crippen molar-refractivity contribution in [2.24, 2.45) is 0 Å². The molecule has 3 aromatic rings. The predicted molar refractivity (Wildman–Crippen MR) is 198 cm³/mol. The van der Waals surface area contributed by atoms with Crippen molar-refractivity contribution in [3.05, 3.63) is 102 Å². The summed E-state index contributed by atoms with van der Waals surface area (Å²) in [6.45, 7) is 8.22. The Morgan fingerprint density at radius 3 is 2.57 bits per heavy atom. The van der Waals surface area contributed by atoms with Crippen LogP contribution in [0, 0.1) is 5.82 Å². The molecular weight excluding hydrogens is 677 g/mol. The molecule has 14 heteroatoms. The molecule has 4 aliphatic heterocycles. The third-order valence-corrected chi connectivity index (χ3v) is 10.9. The summed E-state index contributed by atoms with van der Waals surface area (Å²) < 4.78 is 15.2. The number of carbonyl (C=O) groups is 3. The van der Waals surface area contributed by atoms with Crippen molar-refractivity contribution in [2.75, 3.05) is 64.8 Å². The van der Waals surface area contributed by atoms with Crippen LogP contribution in [0.4, 0.5) is 15.0 Å². The number of likely N-dealkylation sites (N-methyl/N-ethyl adjacent to an activating group) is 1. The average Bonchev–Trinajstić information content (AvgIpc) is 3.60. The van der Waals surface area contributed by atoms with Crippen LogP contribution in [0.1, 0.15) is 23.2 Å². The third-order valence-electron chi connectivity index (χ3n) is 10.9. The number of carbonyl (C=O) groups excluding carboxylic acids is 3. The van der Waals surface area contributed by atoms with Gasteiger partial charge in [-0.05, 0) is 49.8 Å². The van der Waals surface area contributed by atoms with Crippen LogP contribution in [0.15, 0.2) is 79.4 Å². The molecule has 1 aromatic heterocycles. The van der Waals surface area contributed by atoms with Gasteiger partial charge in [-0.15, -0.1) is 6.58 Å². The van der Waals surface area contributed by atoms with Gasteiger partial charge in [0.25, 0.3) is 0 Å². The Bertz CT molecular complexity index is 1820. The van der Waals surface area contributed by atoms with Crippen molar-refractivity contribution < 1.29 is 23.9 Å². The molecule has 0 saturated carbocycles. The minimum absolute atomic E-state index is 0.0191. The number of amides is 4. The van der Waals surface area contributed by atoms with Crippen LogP contribution >= 0.6 is 0 Å². The molecule has 280 valence electrons. The minimum Gasteiger partial charge on any atom is -0.508 e. The maximum atomic E-state index is 15.2. The van der Waals surface area contributed by atoms with Crippen molar-refractivity contribution in [1.29, 1.82) is 0 Å². The monoisotopic (exact) mass is 725 g/mol. The highest BCUT2D eigenvalue weighted by Gasteiger charge is 2.51. The van der Waals surface area contributed by atoms with Gasteiger partial charge in [-0.2, -0.15) is 0 Å². The number of phenols is 1. The zero-order valence-electron chi connectivity index (χ0n) is 30.4. The number of nitrogens with one attached hydrogen (secondary N) is 1.